The van der Waals surface area contributed by atoms with Crippen molar-refractivity contribution >= 4 is 23.9 Å². The quantitative estimate of drug-likeness (QED) is 0.291. The Morgan fingerprint density at radius 3 is 2.56 bits per heavy atom. The van der Waals surface area contributed by atoms with Crippen molar-refractivity contribution in [3.8, 4) is 0 Å². The fraction of sp³-hybridized carbons (Fsp3) is 0. The highest BCUT2D eigenvalue weighted by atomic mass is 16.6. The lowest BCUT2D eigenvalue weighted by molar-refractivity contribution is -0.384. The van der Waals surface area contributed by atoms with Crippen LogP contribution in [0, 0.1) is 10.1 Å². The van der Waals surface area contributed by atoms with Crippen LogP contribution < -0.4 is 0 Å². The number of aromatic nitrogens is 2. The first kappa shape index (κ1) is 12.1. The monoisotopic (exact) mass is 225 g/mol. The standard InChI is InChI=1S/C7H5N3O2.BH3O3/c11-10(12)6-1-2-7-5(3-6)4-8-9-7;2-1(3)4/h1-4H,(H,8,9);2-4H. The number of benzene rings is 1. The molecule has 0 aliphatic carbocycles. The van der Waals surface area contributed by atoms with Gasteiger partial charge in [-0.25, -0.2) is 0 Å². The fourth-order valence-electron chi connectivity index (χ4n) is 1.04. The van der Waals surface area contributed by atoms with E-state index in [0.717, 1.165) is 10.9 Å². The number of nitro benzene ring substituents is 1. The van der Waals surface area contributed by atoms with E-state index in [4.69, 9.17) is 15.1 Å². The molecule has 4 N–H and O–H groups in total. The maximum atomic E-state index is 10.3. The summed E-state index contributed by atoms with van der Waals surface area (Å²) in [6.45, 7) is 0. The molecule has 2 aromatic rings. The second-order valence-electron chi connectivity index (χ2n) is 2.75. The Labute approximate surface area is 89.5 Å². The molecule has 0 radical (unpaired) electrons. The molecule has 2 rings (SSSR count). The van der Waals surface area contributed by atoms with E-state index in [9.17, 15) is 10.1 Å². The molecule has 1 aromatic heterocycles. The molecular weight excluding hydrogens is 217 g/mol. The Hall–Kier alpha value is -1.97. The Bertz CT molecular complexity index is 483. The van der Waals surface area contributed by atoms with Crippen molar-refractivity contribution in [2.24, 2.45) is 0 Å². The number of hydrogen-bond donors (Lipinski definition) is 4. The van der Waals surface area contributed by atoms with Crippen LogP contribution in [-0.2, 0) is 0 Å². The molecule has 9 heteroatoms. The van der Waals surface area contributed by atoms with E-state index in [2.05, 4.69) is 10.2 Å². The molecule has 84 valence electrons. The highest BCUT2D eigenvalue weighted by Gasteiger charge is 2.05. The van der Waals surface area contributed by atoms with Crippen molar-refractivity contribution in [3.05, 3.63) is 34.5 Å². The topological polar surface area (TPSA) is 133 Å². The SMILES string of the molecule is O=[N+]([O-])c1ccc2[nH]ncc2c1.OB(O)O. The third-order valence-electron chi connectivity index (χ3n) is 1.63. The summed E-state index contributed by atoms with van der Waals surface area (Å²) in [4.78, 5) is 9.92. The summed E-state index contributed by atoms with van der Waals surface area (Å²) in [6.07, 6.45) is 1.56. The van der Waals surface area contributed by atoms with Crippen molar-refractivity contribution in [3.63, 3.8) is 0 Å². The zero-order valence-electron chi connectivity index (χ0n) is 7.94. The third kappa shape index (κ3) is 3.31. The van der Waals surface area contributed by atoms with Gasteiger partial charge < -0.3 is 15.1 Å². The number of fused-ring (bicyclic) bond motifs is 1. The summed E-state index contributed by atoms with van der Waals surface area (Å²) in [5.74, 6) is 0. The molecule has 0 saturated carbocycles. The van der Waals surface area contributed by atoms with Crippen LogP contribution in [0.2, 0.25) is 0 Å². The molecule has 0 unspecified atom stereocenters. The van der Waals surface area contributed by atoms with E-state index in [0.29, 0.717) is 0 Å². The molecule has 0 spiro atoms. The first-order valence-electron chi connectivity index (χ1n) is 4.12. The number of nitro groups is 1. The lowest BCUT2D eigenvalue weighted by Crippen LogP contribution is -2.07. The van der Waals surface area contributed by atoms with Gasteiger partial charge in [-0.15, -0.1) is 0 Å². The zero-order valence-corrected chi connectivity index (χ0v) is 7.94. The van der Waals surface area contributed by atoms with Crippen LogP contribution in [0.1, 0.15) is 0 Å². The van der Waals surface area contributed by atoms with Crippen LogP contribution in [0.25, 0.3) is 10.9 Å². The van der Waals surface area contributed by atoms with Gasteiger partial charge in [0.05, 0.1) is 16.6 Å². The summed E-state index contributed by atoms with van der Waals surface area (Å²) in [7, 11) is -2.17. The van der Waals surface area contributed by atoms with Crippen LogP contribution in [0.15, 0.2) is 24.4 Å². The summed E-state index contributed by atoms with van der Waals surface area (Å²) in [5.41, 5.74) is 0.893. The number of aromatic amines is 1. The predicted molar refractivity (Wildman–Crippen MR) is 55.2 cm³/mol. The van der Waals surface area contributed by atoms with E-state index in [1.807, 2.05) is 0 Å². The molecular formula is C7H8BN3O5. The summed E-state index contributed by atoms with van der Waals surface area (Å²) in [5, 5.41) is 39.1. The average Bonchev–Trinajstić information content (AvgIpc) is 2.62. The molecule has 0 aliphatic heterocycles. The second kappa shape index (κ2) is 5.21. The van der Waals surface area contributed by atoms with Crippen molar-refractivity contribution in [1.29, 1.82) is 0 Å². The van der Waals surface area contributed by atoms with E-state index < -0.39 is 12.2 Å². The number of non-ortho nitro benzene ring substituents is 1. The lowest BCUT2D eigenvalue weighted by Gasteiger charge is -1.89. The van der Waals surface area contributed by atoms with Gasteiger partial charge in [0.25, 0.3) is 5.69 Å². The predicted octanol–water partition coefficient (Wildman–Crippen LogP) is -0.581. The van der Waals surface area contributed by atoms with Gasteiger partial charge in [0.15, 0.2) is 0 Å². The van der Waals surface area contributed by atoms with Gasteiger partial charge in [-0.3, -0.25) is 15.2 Å². The van der Waals surface area contributed by atoms with Gasteiger partial charge in [0.1, 0.15) is 0 Å². The Morgan fingerprint density at radius 2 is 2.00 bits per heavy atom. The molecule has 0 fully saturated rings. The fourth-order valence-corrected chi connectivity index (χ4v) is 1.04. The minimum Gasteiger partial charge on any atom is -0.402 e. The number of nitrogens with one attached hydrogen (secondary N) is 1. The summed E-state index contributed by atoms with van der Waals surface area (Å²) < 4.78 is 0. The zero-order chi connectivity index (χ0) is 12.1. The van der Waals surface area contributed by atoms with Gasteiger partial charge >= 0.3 is 7.32 Å². The smallest absolute Gasteiger partial charge is 0.402 e. The van der Waals surface area contributed by atoms with Crippen molar-refractivity contribution in [1.82, 2.24) is 10.2 Å². The van der Waals surface area contributed by atoms with E-state index in [-0.39, 0.29) is 5.69 Å². The van der Waals surface area contributed by atoms with Crippen LogP contribution in [0.4, 0.5) is 5.69 Å². The van der Waals surface area contributed by atoms with Crippen LogP contribution in [0.3, 0.4) is 0 Å². The first-order chi connectivity index (χ1) is 7.50. The maximum Gasteiger partial charge on any atom is 0.631 e. The van der Waals surface area contributed by atoms with E-state index in [1.54, 1.807) is 12.3 Å². The summed E-state index contributed by atoms with van der Waals surface area (Å²) in [6, 6.07) is 4.57. The molecule has 1 aromatic carbocycles. The summed E-state index contributed by atoms with van der Waals surface area (Å²) >= 11 is 0. The molecule has 8 nitrogen and oxygen atoms in total. The van der Waals surface area contributed by atoms with Gasteiger partial charge in [-0.2, -0.15) is 5.10 Å². The molecule has 0 saturated heterocycles. The normalized spacial score (nSPS) is 9.44. The van der Waals surface area contributed by atoms with Gasteiger partial charge in [-0.05, 0) is 6.07 Å². The Morgan fingerprint density at radius 1 is 1.38 bits per heavy atom. The minimum atomic E-state index is -2.17. The number of rotatable bonds is 1. The first-order valence-corrected chi connectivity index (χ1v) is 4.12. The van der Waals surface area contributed by atoms with Crippen LogP contribution in [-0.4, -0.2) is 37.5 Å². The Balaban J connectivity index is 0.000000280. The molecule has 16 heavy (non-hydrogen) atoms. The van der Waals surface area contributed by atoms with Crippen molar-refractivity contribution in [2.75, 3.05) is 0 Å². The Kier molecular flexibility index (Phi) is 3.94. The van der Waals surface area contributed by atoms with Gasteiger partial charge in [-0.1, -0.05) is 0 Å². The third-order valence-corrected chi connectivity index (χ3v) is 1.63. The second-order valence-corrected chi connectivity index (χ2v) is 2.75. The average molecular weight is 225 g/mol. The van der Waals surface area contributed by atoms with Crippen molar-refractivity contribution < 1.29 is 20.0 Å². The van der Waals surface area contributed by atoms with Gasteiger partial charge in [0, 0.05) is 17.5 Å². The molecule has 0 amide bonds. The number of H-pyrrole nitrogens is 1. The van der Waals surface area contributed by atoms with Crippen LogP contribution in [0.5, 0.6) is 0 Å². The van der Waals surface area contributed by atoms with Crippen LogP contribution >= 0.6 is 0 Å². The van der Waals surface area contributed by atoms with Crippen molar-refractivity contribution in [2.45, 2.75) is 0 Å². The molecule has 0 aliphatic rings. The minimum absolute atomic E-state index is 0.0869. The molecule has 0 bridgehead atoms. The molecule has 0 atom stereocenters. The largest absolute Gasteiger partial charge is 0.631 e. The highest BCUT2D eigenvalue weighted by Crippen LogP contribution is 2.17. The number of hydrogen-bond acceptors (Lipinski definition) is 6. The van der Waals surface area contributed by atoms with E-state index >= 15 is 0 Å². The van der Waals surface area contributed by atoms with Gasteiger partial charge in [0.2, 0.25) is 0 Å². The van der Waals surface area contributed by atoms with E-state index in [1.165, 1.54) is 12.1 Å². The maximum absolute atomic E-state index is 10.3. The molecule has 1 heterocycles. The highest BCUT2D eigenvalue weighted by molar-refractivity contribution is 6.30. The number of nitrogens with zero attached hydrogens (tertiary/aromatic N) is 2. The lowest BCUT2D eigenvalue weighted by atomic mass is 10.2.